The Morgan fingerprint density at radius 2 is 2.11 bits per heavy atom. The largest absolute Gasteiger partial charge is 0.340 e. The van der Waals surface area contributed by atoms with Gasteiger partial charge in [0.2, 0.25) is 0 Å². The quantitative estimate of drug-likeness (QED) is 0.402. The smallest absolute Gasteiger partial charge is 0.270 e. The number of hydroxylamine groups is 1. The van der Waals surface area contributed by atoms with E-state index >= 15 is 0 Å². The third-order valence-electron chi connectivity index (χ3n) is 2.17. The summed E-state index contributed by atoms with van der Waals surface area (Å²) in [5.74, 6) is -1.43. The number of hydrogen-bond donors (Lipinski definition) is 3. The van der Waals surface area contributed by atoms with Gasteiger partial charge in [0.25, 0.3) is 17.5 Å². The number of nitro groups is 1. The lowest BCUT2D eigenvalue weighted by Crippen LogP contribution is -2.43. The van der Waals surface area contributed by atoms with Crippen LogP contribution in [0.1, 0.15) is 17.3 Å². The molecule has 0 aliphatic carbocycles. The minimum Gasteiger partial charge on any atom is -0.340 e. The van der Waals surface area contributed by atoms with Crippen LogP contribution in [0.15, 0.2) is 24.3 Å². The molecule has 0 fully saturated rings. The minimum atomic E-state index is -0.957. The SMILES string of the molecule is CC(NC(=O)c1cccc([N+](=O)[O-])c1)C(=O)NO. The van der Waals surface area contributed by atoms with Gasteiger partial charge in [0.1, 0.15) is 6.04 Å². The maximum atomic E-state index is 11.7. The first-order valence-corrected chi connectivity index (χ1v) is 4.95. The topological polar surface area (TPSA) is 122 Å². The highest BCUT2D eigenvalue weighted by Gasteiger charge is 2.17. The molecule has 1 aromatic rings. The van der Waals surface area contributed by atoms with Crippen LogP contribution in [-0.4, -0.2) is 28.0 Å². The molecule has 3 N–H and O–H groups in total. The monoisotopic (exact) mass is 253 g/mol. The number of carbonyl (C=O) groups excluding carboxylic acids is 2. The van der Waals surface area contributed by atoms with Gasteiger partial charge in [-0.05, 0) is 13.0 Å². The van der Waals surface area contributed by atoms with Crippen molar-refractivity contribution >= 4 is 17.5 Å². The third kappa shape index (κ3) is 3.25. The van der Waals surface area contributed by atoms with E-state index in [4.69, 9.17) is 5.21 Å². The van der Waals surface area contributed by atoms with Gasteiger partial charge in [0.15, 0.2) is 0 Å². The maximum Gasteiger partial charge on any atom is 0.270 e. The predicted octanol–water partition coefficient (Wildman–Crippen LogP) is 0.218. The van der Waals surface area contributed by atoms with E-state index in [0.29, 0.717) is 0 Å². The lowest BCUT2D eigenvalue weighted by molar-refractivity contribution is -0.384. The number of benzene rings is 1. The Morgan fingerprint density at radius 3 is 2.67 bits per heavy atom. The molecule has 1 unspecified atom stereocenters. The van der Waals surface area contributed by atoms with Crippen molar-refractivity contribution in [3.63, 3.8) is 0 Å². The van der Waals surface area contributed by atoms with Gasteiger partial charge in [-0.25, -0.2) is 5.48 Å². The van der Waals surface area contributed by atoms with Crippen LogP contribution < -0.4 is 10.8 Å². The summed E-state index contributed by atoms with van der Waals surface area (Å²) in [7, 11) is 0. The van der Waals surface area contributed by atoms with Gasteiger partial charge in [0.05, 0.1) is 4.92 Å². The summed E-state index contributed by atoms with van der Waals surface area (Å²) in [5.41, 5.74) is 1.23. The van der Waals surface area contributed by atoms with Crippen molar-refractivity contribution in [1.29, 1.82) is 0 Å². The molecule has 0 aliphatic heterocycles. The number of non-ortho nitro benzene ring substituents is 1. The number of rotatable bonds is 4. The second-order valence-electron chi connectivity index (χ2n) is 3.48. The molecule has 0 heterocycles. The Balaban J connectivity index is 2.81. The van der Waals surface area contributed by atoms with Crippen LogP contribution in [0.25, 0.3) is 0 Å². The molecule has 1 atom stereocenters. The number of amides is 2. The Hall–Kier alpha value is -2.48. The van der Waals surface area contributed by atoms with E-state index in [-0.39, 0.29) is 11.3 Å². The van der Waals surface area contributed by atoms with Gasteiger partial charge >= 0.3 is 0 Å². The molecule has 0 spiro atoms. The van der Waals surface area contributed by atoms with E-state index in [0.717, 1.165) is 6.07 Å². The summed E-state index contributed by atoms with van der Waals surface area (Å²) in [4.78, 5) is 32.5. The summed E-state index contributed by atoms with van der Waals surface area (Å²) in [6, 6.07) is 4.14. The molecule has 0 radical (unpaired) electrons. The van der Waals surface area contributed by atoms with Crippen LogP contribution in [0.4, 0.5) is 5.69 Å². The number of carbonyl (C=O) groups is 2. The van der Waals surface area contributed by atoms with Crippen molar-refractivity contribution in [3.05, 3.63) is 39.9 Å². The zero-order chi connectivity index (χ0) is 13.7. The number of nitrogens with one attached hydrogen (secondary N) is 2. The zero-order valence-corrected chi connectivity index (χ0v) is 9.41. The molecule has 96 valence electrons. The van der Waals surface area contributed by atoms with Crippen molar-refractivity contribution in [1.82, 2.24) is 10.8 Å². The van der Waals surface area contributed by atoms with E-state index < -0.39 is 22.8 Å². The van der Waals surface area contributed by atoms with E-state index in [2.05, 4.69) is 5.32 Å². The van der Waals surface area contributed by atoms with Crippen LogP contribution in [-0.2, 0) is 4.79 Å². The molecular formula is C10H11N3O5. The summed E-state index contributed by atoms with van der Waals surface area (Å²) in [5, 5.41) is 21.2. The van der Waals surface area contributed by atoms with Crippen molar-refractivity contribution in [3.8, 4) is 0 Å². The normalized spacial score (nSPS) is 11.4. The van der Waals surface area contributed by atoms with E-state index in [9.17, 15) is 19.7 Å². The van der Waals surface area contributed by atoms with Crippen LogP contribution in [0.2, 0.25) is 0 Å². The van der Waals surface area contributed by atoms with Gasteiger partial charge in [-0.3, -0.25) is 24.9 Å². The second-order valence-corrected chi connectivity index (χ2v) is 3.48. The molecule has 8 heteroatoms. The fraction of sp³-hybridized carbons (Fsp3) is 0.200. The van der Waals surface area contributed by atoms with Gasteiger partial charge < -0.3 is 5.32 Å². The van der Waals surface area contributed by atoms with E-state index in [1.807, 2.05) is 0 Å². The molecule has 0 aliphatic rings. The van der Waals surface area contributed by atoms with Crippen molar-refractivity contribution in [2.24, 2.45) is 0 Å². The minimum absolute atomic E-state index is 0.0572. The van der Waals surface area contributed by atoms with Crippen LogP contribution in [0.5, 0.6) is 0 Å². The first-order chi connectivity index (χ1) is 8.45. The summed E-state index contributed by atoms with van der Waals surface area (Å²) < 4.78 is 0. The molecule has 1 rings (SSSR count). The number of nitrogens with zero attached hydrogens (tertiary/aromatic N) is 1. The second kappa shape index (κ2) is 5.73. The molecule has 1 aromatic carbocycles. The van der Waals surface area contributed by atoms with E-state index in [1.54, 1.807) is 0 Å². The summed E-state index contributed by atoms with van der Waals surface area (Å²) in [6.45, 7) is 1.36. The standard InChI is InChI=1S/C10H11N3O5/c1-6(9(14)12-16)11-10(15)7-3-2-4-8(5-7)13(17)18/h2-6,16H,1H3,(H,11,15)(H,12,14). The maximum absolute atomic E-state index is 11.7. The van der Waals surface area contributed by atoms with Gasteiger partial charge in [-0.1, -0.05) is 6.07 Å². The summed E-state index contributed by atoms with van der Waals surface area (Å²) >= 11 is 0. The van der Waals surface area contributed by atoms with Crippen molar-refractivity contribution in [2.45, 2.75) is 13.0 Å². The van der Waals surface area contributed by atoms with Crippen LogP contribution in [0, 0.1) is 10.1 Å². The summed E-state index contributed by atoms with van der Waals surface area (Å²) in [6.07, 6.45) is 0. The highest BCUT2D eigenvalue weighted by atomic mass is 16.6. The van der Waals surface area contributed by atoms with Gasteiger partial charge in [0, 0.05) is 17.7 Å². The predicted molar refractivity (Wildman–Crippen MR) is 60.0 cm³/mol. The lowest BCUT2D eigenvalue weighted by Gasteiger charge is -2.11. The average molecular weight is 253 g/mol. The van der Waals surface area contributed by atoms with Gasteiger partial charge in [-0.15, -0.1) is 0 Å². The van der Waals surface area contributed by atoms with Crippen LogP contribution in [0.3, 0.4) is 0 Å². The fourth-order valence-corrected chi connectivity index (χ4v) is 1.20. The molecule has 2 amide bonds. The first-order valence-electron chi connectivity index (χ1n) is 4.95. The number of nitro benzene ring substituents is 1. The van der Waals surface area contributed by atoms with Crippen molar-refractivity contribution in [2.75, 3.05) is 0 Å². The molecule has 18 heavy (non-hydrogen) atoms. The Morgan fingerprint density at radius 1 is 1.44 bits per heavy atom. The molecule has 0 saturated heterocycles. The highest BCUT2D eigenvalue weighted by molar-refractivity contribution is 5.97. The highest BCUT2D eigenvalue weighted by Crippen LogP contribution is 2.12. The molecule has 0 aromatic heterocycles. The van der Waals surface area contributed by atoms with Crippen LogP contribution >= 0.6 is 0 Å². The molecule has 0 saturated carbocycles. The molecule has 8 nitrogen and oxygen atoms in total. The zero-order valence-electron chi connectivity index (χ0n) is 9.41. The van der Waals surface area contributed by atoms with Crippen molar-refractivity contribution < 1.29 is 19.7 Å². The number of hydrogen-bond acceptors (Lipinski definition) is 5. The molecular weight excluding hydrogens is 242 g/mol. The third-order valence-corrected chi connectivity index (χ3v) is 2.17. The Labute approximate surface area is 102 Å². The van der Waals surface area contributed by atoms with E-state index in [1.165, 1.54) is 30.6 Å². The molecule has 0 bridgehead atoms. The average Bonchev–Trinajstić information content (AvgIpc) is 2.37. The fourth-order valence-electron chi connectivity index (χ4n) is 1.20. The first kappa shape index (κ1) is 13.6. The Kier molecular flexibility index (Phi) is 4.33. The Bertz CT molecular complexity index is 488. The van der Waals surface area contributed by atoms with Gasteiger partial charge in [-0.2, -0.15) is 0 Å². The lowest BCUT2D eigenvalue weighted by atomic mass is 10.2.